The van der Waals surface area contributed by atoms with E-state index in [0.29, 0.717) is 17.0 Å². The van der Waals surface area contributed by atoms with Crippen molar-refractivity contribution in [1.29, 1.82) is 0 Å². The van der Waals surface area contributed by atoms with Gasteiger partial charge in [0.25, 0.3) is 0 Å². The highest BCUT2D eigenvalue weighted by atomic mass is 35.5. The Morgan fingerprint density at radius 3 is 2.29 bits per heavy atom. The standard InChI is InChI=1S/C21H31ClN2O4/c1-6-16-17(19(25)27-5)11-13(22)12-18(16)23-14-7-9-15(10-8-14)24-20(26)28-21(2,3)4/h11-12,14-15,23H,6-10H2,1-5H3,(H,24,26). The Balaban J connectivity index is 1.98. The van der Waals surface area contributed by atoms with E-state index in [-0.39, 0.29) is 24.1 Å². The lowest BCUT2D eigenvalue weighted by Gasteiger charge is -2.31. The van der Waals surface area contributed by atoms with Crippen LogP contribution in [0.25, 0.3) is 0 Å². The van der Waals surface area contributed by atoms with Gasteiger partial charge < -0.3 is 20.1 Å². The number of alkyl carbamates (subject to hydrolysis) is 1. The Hall–Kier alpha value is -1.95. The van der Waals surface area contributed by atoms with Crippen LogP contribution in [0.3, 0.4) is 0 Å². The van der Waals surface area contributed by atoms with Crippen LogP contribution in [0.1, 0.15) is 69.3 Å². The third-order valence-electron chi connectivity index (χ3n) is 4.78. The molecule has 0 bridgehead atoms. The van der Waals surface area contributed by atoms with Crippen molar-refractivity contribution in [2.75, 3.05) is 12.4 Å². The minimum atomic E-state index is -0.497. The summed E-state index contributed by atoms with van der Waals surface area (Å²) in [5.41, 5.74) is 1.79. The van der Waals surface area contributed by atoms with Gasteiger partial charge in [-0.2, -0.15) is 0 Å². The maximum atomic E-state index is 12.1. The number of nitrogens with one attached hydrogen (secondary N) is 2. The van der Waals surface area contributed by atoms with E-state index in [0.717, 1.165) is 36.9 Å². The summed E-state index contributed by atoms with van der Waals surface area (Å²) in [5, 5.41) is 6.99. The Bertz CT molecular complexity index is 707. The van der Waals surface area contributed by atoms with Gasteiger partial charge in [-0.05, 0) is 70.6 Å². The maximum absolute atomic E-state index is 12.1. The fourth-order valence-electron chi connectivity index (χ4n) is 3.51. The molecule has 6 nitrogen and oxygen atoms in total. The van der Waals surface area contributed by atoms with Crippen LogP contribution in [0.5, 0.6) is 0 Å². The fourth-order valence-corrected chi connectivity index (χ4v) is 3.73. The van der Waals surface area contributed by atoms with Crippen LogP contribution in [0.15, 0.2) is 12.1 Å². The second-order valence-corrected chi connectivity index (χ2v) is 8.60. The Labute approximate surface area is 172 Å². The molecule has 0 atom stereocenters. The first-order valence-corrected chi connectivity index (χ1v) is 10.2. The van der Waals surface area contributed by atoms with Gasteiger partial charge in [0, 0.05) is 22.8 Å². The zero-order chi connectivity index (χ0) is 20.9. The van der Waals surface area contributed by atoms with Gasteiger partial charge in [0.15, 0.2) is 0 Å². The number of esters is 1. The van der Waals surface area contributed by atoms with E-state index in [1.54, 1.807) is 6.07 Å². The van der Waals surface area contributed by atoms with E-state index in [1.807, 2.05) is 33.8 Å². The molecule has 0 radical (unpaired) electrons. The van der Waals surface area contributed by atoms with Gasteiger partial charge in [-0.3, -0.25) is 0 Å². The molecule has 28 heavy (non-hydrogen) atoms. The smallest absolute Gasteiger partial charge is 0.407 e. The Morgan fingerprint density at radius 1 is 1.14 bits per heavy atom. The Kier molecular flexibility index (Phi) is 7.58. The molecule has 1 amide bonds. The largest absolute Gasteiger partial charge is 0.465 e. The fraction of sp³-hybridized carbons (Fsp3) is 0.619. The van der Waals surface area contributed by atoms with Crippen molar-refractivity contribution in [1.82, 2.24) is 5.32 Å². The summed E-state index contributed by atoms with van der Waals surface area (Å²) < 4.78 is 10.2. The minimum Gasteiger partial charge on any atom is -0.465 e. The van der Waals surface area contributed by atoms with Crippen LogP contribution in [0.4, 0.5) is 10.5 Å². The quantitative estimate of drug-likeness (QED) is 0.672. The number of carbonyl (C=O) groups is 2. The van der Waals surface area contributed by atoms with Gasteiger partial charge in [0.1, 0.15) is 5.60 Å². The van der Waals surface area contributed by atoms with Crippen LogP contribution in [-0.4, -0.2) is 36.9 Å². The van der Waals surface area contributed by atoms with Crippen molar-refractivity contribution in [2.45, 2.75) is 77.5 Å². The summed E-state index contributed by atoms with van der Waals surface area (Å²) in [6.07, 6.45) is 3.87. The van der Waals surface area contributed by atoms with E-state index in [9.17, 15) is 9.59 Å². The number of hydrogen-bond acceptors (Lipinski definition) is 5. The number of carbonyl (C=O) groups excluding carboxylic acids is 2. The van der Waals surface area contributed by atoms with Crippen molar-refractivity contribution in [2.24, 2.45) is 0 Å². The lowest BCUT2D eigenvalue weighted by molar-refractivity contribution is 0.0491. The summed E-state index contributed by atoms with van der Waals surface area (Å²) in [7, 11) is 1.37. The molecule has 0 unspecified atom stereocenters. The topological polar surface area (TPSA) is 76.7 Å². The molecule has 1 aliphatic carbocycles. The average Bonchev–Trinajstić information content (AvgIpc) is 2.60. The molecule has 1 saturated carbocycles. The minimum absolute atomic E-state index is 0.114. The summed E-state index contributed by atoms with van der Waals surface area (Å²) in [5.74, 6) is -0.382. The zero-order valence-electron chi connectivity index (χ0n) is 17.4. The number of ether oxygens (including phenoxy) is 2. The van der Waals surface area contributed by atoms with Crippen molar-refractivity contribution in [3.8, 4) is 0 Å². The lowest BCUT2D eigenvalue weighted by Crippen LogP contribution is -2.42. The molecule has 156 valence electrons. The summed E-state index contributed by atoms with van der Waals surface area (Å²) in [6, 6.07) is 3.88. The molecule has 1 aliphatic rings. The first-order valence-electron chi connectivity index (χ1n) is 9.79. The molecule has 2 N–H and O–H groups in total. The number of amides is 1. The number of benzene rings is 1. The normalized spacial score (nSPS) is 19.6. The van der Waals surface area contributed by atoms with Gasteiger partial charge in [0.2, 0.25) is 0 Å². The van der Waals surface area contributed by atoms with Gasteiger partial charge in [0.05, 0.1) is 12.7 Å². The summed E-state index contributed by atoms with van der Waals surface area (Å²) in [4.78, 5) is 24.0. The maximum Gasteiger partial charge on any atom is 0.407 e. The molecule has 0 aliphatic heterocycles. The predicted octanol–water partition coefficient (Wildman–Crippen LogP) is 4.94. The van der Waals surface area contributed by atoms with Gasteiger partial charge >= 0.3 is 12.1 Å². The molecule has 1 aromatic rings. The average molecular weight is 411 g/mol. The second kappa shape index (κ2) is 9.50. The van der Waals surface area contributed by atoms with E-state index in [1.165, 1.54) is 7.11 Å². The number of halogens is 1. The number of anilines is 1. The van der Waals surface area contributed by atoms with Crippen molar-refractivity contribution in [3.05, 3.63) is 28.3 Å². The molecular formula is C21H31ClN2O4. The summed E-state index contributed by atoms with van der Waals surface area (Å²) >= 11 is 6.22. The molecule has 1 fully saturated rings. The highest BCUT2D eigenvalue weighted by Gasteiger charge is 2.26. The summed E-state index contributed by atoms with van der Waals surface area (Å²) in [6.45, 7) is 7.56. The van der Waals surface area contributed by atoms with E-state index < -0.39 is 5.60 Å². The lowest BCUT2D eigenvalue weighted by atomic mass is 9.90. The number of hydrogen-bond donors (Lipinski definition) is 2. The number of rotatable bonds is 5. The Morgan fingerprint density at radius 2 is 1.75 bits per heavy atom. The zero-order valence-corrected chi connectivity index (χ0v) is 18.1. The predicted molar refractivity (Wildman–Crippen MR) is 111 cm³/mol. The van der Waals surface area contributed by atoms with Crippen LogP contribution in [-0.2, 0) is 15.9 Å². The van der Waals surface area contributed by atoms with Gasteiger partial charge in [-0.1, -0.05) is 18.5 Å². The van der Waals surface area contributed by atoms with E-state index >= 15 is 0 Å². The molecule has 7 heteroatoms. The first-order chi connectivity index (χ1) is 13.1. The molecule has 0 heterocycles. The van der Waals surface area contributed by atoms with E-state index in [4.69, 9.17) is 21.1 Å². The van der Waals surface area contributed by atoms with Gasteiger partial charge in [-0.15, -0.1) is 0 Å². The molecule has 0 aromatic heterocycles. The highest BCUT2D eigenvalue weighted by Crippen LogP contribution is 2.30. The van der Waals surface area contributed by atoms with E-state index in [2.05, 4.69) is 10.6 Å². The third-order valence-corrected chi connectivity index (χ3v) is 5.00. The van der Waals surface area contributed by atoms with Crippen LogP contribution >= 0.6 is 11.6 Å². The highest BCUT2D eigenvalue weighted by molar-refractivity contribution is 6.31. The molecular weight excluding hydrogens is 380 g/mol. The van der Waals surface area contributed by atoms with Crippen LogP contribution in [0, 0.1) is 0 Å². The monoisotopic (exact) mass is 410 g/mol. The first kappa shape index (κ1) is 22.3. The molecule has 2 rings (SSSR count). The third kappa shape index (κ3) is 6.30. The van der Waals surface area contributed by atoms with Crippen LogP contribution in [0.2, 0.25) is 5.02 Å². The molecule has 1 aromatic carbocycles. The molecule has 0 saturated heterocycles. The SMILES string of the molecule is CCc1c(NC2CCC(NC(=O)OC(C)(C)C)CC2)cc(Cl)cc1C(=O)OC. The van der Waals surface area contributed by atoms with Crippen molar-refractivity contribution >= 4 is 29.4 Å². The molecule has 0 spiro atoms. The van der Waals surface area contributed by atoms with Crippen molar-refractivity contribution < 1.29 is 19.1 Å². The second-order valence-electron chi connectivity index (χ2n) is 8.16. The van der Waals surface area contributed by atoms with Crippen LogP contribution < -0.4 is 10.6 Å². The van der Waals surface area contributed by atoms with Crippen molar-refractivity contribution in [3.63, 3.8) is 0 Å². The van der Waals surface area contributed by atoms with Gasteiger partial charge in [-0.25, -0.2) is 9.59 Å². The number of methoxy groups -OCH3 is 1.